The minimum absolute atomic E-state index is 0.148. The van der Waals surface area contributed by atoms with Crippen LogP contribution in [0.1, 0.15) is 54.3 Å². The van der Waals surface area contributed by atoms with Crippen LogP contribution in [0.25, 0.3) is 0 Å². The summed E-state index contributed by atoms with van der Waals surface area (Å²) >= 11 is 1.31. The Morgan fingerprint density at radius 3 is 2.90 bits per heavy atom. The van der Waals surface area contributed by atoms with Crippen molar-refractivity contribution in [2.75, 3.05) is 11.1 Å². The molecule has 5 nitrogen and oxygen atoms in total. The van der Waals surface area contributed by atoms with E-state index in [0.717, 1.165) is 24.3 Å². The van der Waals surface area contributed by atoms with Crippen molar-refractivity contribution in [1.29, 1.82) is 5.26 Å². The molecule has 1 heterocycles. The van der Waals surface area contributed by atoms with Crippen molar-refractivity contribution >= 4 is 27.9 Å². The molecule has 6 heteroatoms. The number of hydrogen-bond donors (Lipinski definition) is 3. The van der Waals surface area contributed by atoms with Crippen LogP contribution in [0.4, 0.5) is 10.7 Å². The quantitative estimate of drug-likeness (QED) is 0.753. The van der Waals surface area contributed by atoms with Crippen molar-refractivity contribution in [1.82, 2.24) is 5.32 Å². The van der Waals surface area contributed by atoms with Gasteiger partial charge < -0.3 is 16.4 Å². The number of nitrogens with one attached hydrogen (secondary N) is 2. The van der Waals surface area contributed by atoms with Crippen LogP contribution >= 0.6 is 11.3 Å². The topological polar surface area (TPSA) is 90.9 Å². The molecule has 2 fully saturated rings. The van der Waals surface area contributed by atoms with Gasteiger partial charge in [-0.05, 0) is 31.6 Å². The fraction of sp³-hybridized carbons (Fsp3) is 0.600. The third-order valence-electron chi connectivity index (χ3n) is 4.07. The summed E-state index contributed by atoms with van der Waals surface area (Å²) in [5, 5.41) is 16.4. The molecule has 0 bridgehead atoms. The molecule has 0 spiro atoms. The fourth-order valence-corrected chi connectivity index (χ4v) is 3.62. The van der Waals surface area contributed by atoms with Crippen LogP contribution in [0.2, 0.25) is 0 Å². The van der Waals surface area contributed by atoms with Gasteiger partial charge in [-0.25, -0.2) is 0 Å². The lowest BCUT2D eigenvalue weighted by atomic mass is 10.2. The summed E-state index contributed by atoms with van der Waals surface area (Å²) in [5.41, 5.74) is 6.72. The van der Waals surface area contributed by atoms with Gasteiger partial charge in [-0.15, -0.1) is 11.3 Å². The number of carbonyl (C=O) groups is 1. The Bertz CT molecular complexity index is 600. The monoisotopic (exact) mass is 304 g/mol. The highest BCUT2D eigenvalue weighted by Gasteiger charge is 2.37. The number of amides is 1. The minimum Gasteiger partial charge on any atom is -0.396 e. The molecule has 2 aliphatic carbocycles. The Balaban J connectivity index is 1.74. The highest BCUT2D eigenvalue weighted by atomic mass is 32.1. The lowest BCUT2D eigenvalue weighted by molar-refractivity contribution is 0.0956. The minimum atomic E-state index is -0.148. The van der Waals surface area contributed by atoms with E-state index in [9.17, 15) is 10.1 Å². The van der Waals surface area contributed by atoms with E-state index in [2.05, 4.69) is 23.6 Å². The largest absolute Gasteiger partial charge is 0.396 e. The van der Waals surface area contributed by atoms with Crippen LogP contribution in [-0.4, -0.2) is 18.0 Å². The molecule has 0 saturated heterocycles. The number of rotatable bonds is 6. The molecule has 0 aliphatic heterocycles. The number of nitriles is 1. The number of nitrogens with two attached hydrogens (primary N) is 1. The van der Waals surface area contributed by atoms with Crippen LogP contribution in [-0.2, 0) is 0 Å². The molecule has 2 atom stereocenters. The van der Waals surface area contributed by atoms with Crippen molar-refractivity contribution in [3.63, 3.8) is 0 Å². The van der Waals surface area contributed by atoms with Gasteiger partial charge in [-0.2, -0.15) is 5.26 Å². The average Bonchev–Trinajstić information content (AvgIpc) is 3.35. The van der Waals surface area contributed by atoms with E-state index < -0.39 is 0 Å². The Labute approximate surface area is 128 Å². The van der Waals surface area contributed by atoms with Gasteiger partial charge >= 0.3 is 0 Å². The van der Waals surface area contributed by atoms with Crippen molar-refractivity contribution < 1.29 is 4.79 Å². The maximum atomic E-state index is 12.1. The predicted molar refractivity (Wildman–Crippen MR) is 84.4 cm³/mol. The Morgan fingerprint density at radius 1 is 1.52 bits per heavy atom. The number of nitrogen functional groups attached to an aromatic ring is 1. The predicted octanol–water partition coefficient (Wildman–Crippen LogP) is 2.69. The molecular formula is C15H20N4OS. The average molecular weight is 304 g/mol. The molecular weight excluding hydrogens is 284 g/mol. The van der Waals surface area contributed by atoms with Crippen molar-refractivity contribution in [3.05, 3.63) is 10.4 Å². The smallest absolute Gasteiger partial charge is 0.263 e. The van der Waals surface area contributed by atoms with E-state index in [1.54, 1.807) is 0 Å². The SMILES string of the molecule is CCCC1CC1Nc1sc(C(=O)NC2CC2)c(N)c1C#N. The first-order valence-electron chi connectivity index (χ1n) is 7.53. The number of nitrogens with zero attached hydrogens (tertiary/aromatic N) is 1. The molecule has 1 amide bonds. The van der Waals surface area contributed by atoms with E-state index in [0.29, 0.717) is 34.1 Å². The molecule has 3 rings (SSSR count). The second kappa shape index (κ2) is 5.57. The highest BCUT2D eigenvalue weighted by Crippen LogP contribution is 2.42. The first-order valence-corrected chi connectivity index (χ1v) is 8.35. The van der Waals surface area contributed by atoms with Crippen LogP contribution in [0.3, 0.4) is 0 Å². The summed E-state index contributed by atoms with van der Waals surface area (Å²) in [7, 11) is 0. The molecule has 0 aromatic carbocycles. The lowest BCUT2D eigenvalue weighted by Crippen LogP contribution is -2.25. The van der Waals surface area contributed by atoms with E-state index in [1.807, 2.05) is 0 Å². The Kier molecular flexibility index (Phi) is 3.77. The number of thiophene rings is 1. The molecule has 4 N–H and O–H groups in total. The molecule has 1 aromatic heterocycles. The van der Waals surface area contributed by atoms with Gasteiger partial charge in [0.1, 0.15) is 21.5 Å². The van der Waals surface area contributed by atoms with Crippen LogP contribution in [0, 0.1) is 17.2 Å². The summed E-state index contributed by atoms with van der Waals surface area (Å²) in [5.74, 6) is 0.541. The maximum Gasteiger partial charge on any atom is 0.263 e. The van der Waals surface area contributed by atoms with Crippen LogP contribution in [0.5, 0.6) is 0 Å². The second-order valence-electron chi connectivity index (χ2n) is 5.94. The summed E-state index contributed by atoms with van der Waals surface area (Å²) < 4.78 is 0. The maximum absolute atomic E-state index is 12.1. The van der Waals surface area contributed by atoms with E-state index in [-0.39, 0.29) is 5.91 Å². The van der Waals surface area contributed by atoms with Crippen molar-refractivity contribution in [3.8, 4) is 6.07 Å². The fourth-order valence-electron chi connectivity index (χ4n) is 2.59. The summed E-state index contributed by atoms with van der Waals surface area (Å²) in [6.07, 6.45) is 5.59. The van der Waals surface area contributed by atoms with Crippen LogP contribution < -0.4 is 16.4 Å². The molecule has 112 valence electrons. The summed E-state index contributed by atoms with van der Waals surface area (Å²) in [6.45, 7) is 2.18. The van der Waals surface area contributed by atoms with Gasteiger partial charge in [0.2, 0.25) is 0 Å². The standard InChI is InChI=1S/C15H20N4OS/c1-2-3-8-6-11(8)19-15-10(7-16)12(17)13(21-15)14(20)18-9-4-5-9/h8-9,11,19H,2-6,17H2,1H3,(H,18,20). The molecule has 21 heavy (non-hydrogen) atoms. The Hall–Kier alpha value is -1.74. The third kappa shape index (κ3) is 2.98. The number of hydrogen-bond acceptors (Lipinski definition) is 5. The van der Waals surface area contributed by atoms with Crippen molar-refractivity contribution in [2.45, 2.75) is 51.1 Å². The second-order valence-corrected chi connectivity index (χ2v) is 6.96. The number of carbonyl (C=O) groups excluding carboxylic acids is 1. The van der Waals surface area contributed by atoms with Crippen LogP contribution in [0.15, 0.2) is 0 Å². The van der Waals surface area contributed by atoms with Gasteiger partial charge in [0.15, 0.2) is 0 Å². The first-order chi connectivity index (χ1) is 10.1. The molecule has 2 unspecified atom stereocenters. The first kappa shape index (κ1) is 14.2. The zero-order valence-electron chi connectivity index (χ0n) is 12.1. The molecule has 2 aliphatic rings. The number of anilines is 2. The van der Waals surface area contributed by atoms with E-state index >= 15 is 0 Å². The lowest BCUT2D eigenvalue weighted by Gasteiger charge is -2.02. The Morgan fingerprint density at radius 2 is 2.29 bits per heavy atom. The normalized spacial score (nSPS) is 23.4. The van der Waals surface area contributed by atoms with Gasteiger partial charge in [-0.3, -0.25) is 4.79 Å². The van der Waals surface area contributed by atoms with Gasteiger partial charge in [0, 0.05) is 12.1 Å². The zero-order chi connectivity index (χ0) is 15.0. The third-order valence-corrected chi connectivity index (χ3v) is 5.21. The summed E-state index contributed by atoms with van der Waals surface area (Å²) in [6, 6.07) is 2.85. The van der Waals surface area contributed by atoms with Gasteiger partial charge in [0.25, 0.3) is 5.91 Å². The molecule has 1 aromatic rings. The van der Waals surface area contributed by atoms with E-state index in [1.165, 1.54) is 24.2 Å². The van der Waals surface area contributed by atoms with Crippen molar-refractivity contribution in [2.24, 2.45) is 5.92 Å². The summed E-state index contributed by atoms with van der Waals surface area (Å²) in [4.78, 5) is 12.6. The molecule has 0 radical (unpaired) electrons. The highest BCUT2D eigenvalue weighted by molar-refractivity contribution is 7.19. The van der Waals surface area contributed by atoms with Gasteiger partial charge in [-0.1, -0.05) is 13.3 Å². The zero-order valence-corrected chi connectivity index (χ0v) is 12.9. The van der Waals surface area contributed by atoms with E-state index in [4.69, 9.17) is 5.73 Å². The molecule has 2 saturated carbocycles. The van der Waals surface area contributed by atoms with Gasteiger partial charge in [0.05, 0.1) is 5.69 Å².